The third-order valence-corrected chi connectivity index (χ3v) is 2.96. The molecule has 1 aliphatic rings. The topological polar surface area (TPSA) is 47.3 Å². The molecule has 3 nitrogen and oxygen atoms in total. The van der Waals surface area contributed by atoms with E-state index < -0.39 is 0 Å². The summed E-state index contributed by atoms with van der Waals surface area (Å²) < 4.78 is 5.96. The summed E-state index contributed by atoms with van der Waals surface area (Å²) >= 11 is 0. The van der Waals surface area contributed by atoms with E-state index in [0.717, 1.165) is 23.7 Å². The third kappa shape index (κ3) is 1.80. The molecule has 0 spiro atoms. The summed E-state index contributed by atoms with van der Waals surface area (Å²) in [7, 11) is 0. The number of ether oxygens (including phenoxy) is 1. The summed E-state index contributed by atoms with van der Waals surface area (Å²) in [6.07, 6.45) is 0.0468. The molecule has 0 saturated heterocycles. The molecule has 1 atom stereocenters. The molecule has 0 aromatic heterocycles. The van der Waals surface area contributed by atoms with Crippen LogP contribution in [0.25, 0.3) is 0 Å². The third-order valence-electron chi connectivity index (χ3n) is 2.96. The lowest BCUT2D eigenvalue weighted by molar-refractivity contribution is 0.210. The van der Waals surface area contributed by atoms with Gasteiger partial charge >= 0.3 is 0 Å². The van der Waals surface area contributed by atoms with E-state index in [9.17, 15) is 0 Å². The van der Waals surface area contributed by atoms with E-state index in [1.807, 2.05) is 36.4 Å². The van der Waals surface area contributed by atoms with Crippen LogP contribution in [0.2, 0.25) is 0 Å². The fraction of sp³-hybridized carbons (Fsp3) is 0.143. The van der Waals surface area contributed by atoms with Gasteiger partial charge in [-0.25, -0.2) is 0 Å². The largest absolute Gasteiger partial charge is 0.482 e. The molecule has 1 aliphatic heterocycles. The minimum atomic E-state index is 0.0468. The molecule has 0 radical (unpaired) electrons. The van der Waals surface area contributed by atoms with E-state index in [4.69, 9.17) is 10.5 Å². The molecule has 17 heavy (non-hydrogen) atoms. The first-order valence-corrected chi connectivity index (χ1v) is 5.68. The predicted octanol–water partition coefficient (Wildman–Crippen LogP) is 2.81. The predicted molar refractivity (Wildman–Crippen MR) is 69.2 cm³/mol. The number of benzene rings is 2. The van der Waals surface area contributed by atoms with Gasteiger partial charge in [0, 0.05) is 0 Å². The molecule has 86 valence electrons. The van der Waals surface area contributed by atoms with Crippen LogP contribution in [-0.2, 0) is 0 Å². The first-order chi connectivity index (χ1) is 8.34. The molecule has 1 unspecified atom stereocenters. The highest BCUT2D eigenvalue weighted by Gasteiger charge is 2.21. The minimum Gasteiger partial charge on any atom is -0.482 e. The maximum Gasteiger partial charge on any atom is 0.145 e. The maximum absolute atomic E-state index is 5.96. The van der Waals surface area contributed by atoms with Crippen molar-refractivity contribution >= 4 is 11.4 Å². The smallest absolute Gasteiger partial charge is 0.145 e. The van der Waals surface area contributed by atoms with Crippen molar-refractivity contribution in [1.29, 1.82) is 0 Å². The highest BCUT2D eigenvalue weighted by Crippen LogP contribution is 2.37. The molecule has 2 aromatic carbocycles. The summed E-state index contributed by atoms with van der Waals surface area (Å²) in [5.41, 5.74) is 8.69. The lowest BCUT2D eigenvalue weighted by atomic mass is 10.1. The molecule has 0 fully saturated rings. The van der Waals surface area contributed by atoms with E-state index in [1.54, 1.807) is 0 Å². The second-order valence-corrected chi connectivity index (χ2v) is 4.12. The Morgan fingerprint density at radius 3 is 2.71 bits per heavy atom. The Morgan fingerprint density at radius 1 is 1.06 bits per heavy atom. The van der Waals surface area contributed by atoms with Crippen LogP contribution in [0.3, 0.4) is 0 Å². The zero-order valence-electron chi connectivity index (χ0n) is 9.39. The number of rotatable bonds is 1. The number of nitrogens with two attached hydrogens (primary N) is 1. The number of anilines is 2. The van der Waals surface area contributed by atoms with Crippen LogP contribution in [0.1, 0.15) is 11.7 Å². The number of nitrogens with one attached hydrogen (secondary N) is 1. The first kappa shape index (κ1) is 10.0. The zero-order chi connectivity index (χ0) is 11.7. The van der Waals surface area contributed by atoms with Gasteiger partial charge in [-0.3, -0.25) is 0 Å². The molecular weight excluding hydrogens is 212 g/mol. The van der Waals surface area contributed by atoms with Crippen LogP contribution in [0.5, 0.6) is 5.75 Å². The van der Waals surface area contributed by atoms with Crippen LogP contribution in [0, 0.1) is 0 Å². The molecule has 3 N–H and O–H groups in total. The van der Waals surface area contributed by atoms with Crippen molar-refractivity contribution in [3.05, 3.63) is 54.1 Å². The molecular formula is C14H14N2O. The molecule has 0 aliphatic carbocycles. The molecule has 3 heteroatoms. The molecule has 0 bridgehead atoms. The molecule has 0 saturated carbocycles. The van der Waals surface area contributed by atoms with Gasteiger partial charge in [0.25, 0.3) is 0 Å². The Bertz CT molecular complexity index is 525. The van der Waals surface area contributed by atoms with E-state index in [0.29, 0.717) is 0 Å². The van der Waals surface area contributed by atoms with E-state index in [2.05, 4.69) is 17.4 Å². The number of fused-ring (bicyclic) bond motifs is 1. The highest BCUT2D eigenvalue weighted by atomic mass is 16.5. The van der Waals surface area contributed by atoms with Gasteiger partial charge in [0.05, 0.1) is 12.2 Å². The van der Waals surface area contributed by atoms with Crippen molar-refractivity contribution in [3.8, 4) is 5.75 Å². The Kier molecular flexibility index (Phi) is 2.37. The summed E-state index contributed by atoms with van der Waals surface area (Å²) in [5, 5.41) is 3.33. The zero-order valence-corrected chi connectivity index (χ0v) is 9.39. The summed E-state index contributed by atoms with van der Waals surface area (Å²) in [6.45, 7) is 0.741. The van der Waals surface area contributed by atoms with Crippen molar-refractivity contribution < 1.29 is 4.74 Å². The summed E-state index contributed by atoms with van der Waals surface area (Å²) in [6, 6.07) is 15.9. The number of hydrogen-bond donors (Lipinski definition) is 2. The van der Waals surface area contributed by atoms with Crippen molar-refractivity contribution in [2.75, 3.05) is 17.6 Å². The van der Waals surface area contributed by atoms with Gasteiger partial charge in [-0.05, 0) is 17.7 Å². The lowest BCUT2D eigenvalue weighted by Crippen LogP contribution is -2.24. The Balaban J connectivity index is 1.91. The Hall–Kier alpha value is -2.16. The SMILES string of the molecule is Nc1cccc2c1NCC(c1ccccc1)O2. The minimum absolute atomic E-state index is 0.0468. The first-order valence-electron chi connectivity index (χ1n) is 5.68. The summed E-state index contributed by atoms with van der Waals surface area (Å²) in [5.74, 6) is 0.824. The molecule has 3 rings (SSSR count). The molecule has 2 aromatic rings. The van der Waals surface area contributed by atoms with E-state index >= 15 is 0 Å². The second-order valence-electron chi connectivity index (χ2n) is 4.12. The monoisotopic (exact) mass is 226 g/mol. The highest BCUT2D eigenvalue weighted by molar-refractivity contribution is 5.74. The van der Waals surface area contributed by atoms with Crippen molar-refractivity contribution in [1.82, 2.24) is 0 Å². The van der Waals surface area contributed by atoms with Gasteiger partial charge in [-0.2, -0.15) is 0 Å². The van der Waals surface area contributed by atoms with E-state index in [1.165, 1.54) is 5.56 Å². The van der Waals surface area contributed by atoms with Crippen LogP contribution < -0.4 is 15.8 Å². The molecule has 1 heterocycles. The average molecular weight is 226 g/mol. The number of nitrogen functional groups attached to an aromatic ring is 1. The average Bonchev–Trinajstić information content (AvgIpc) is 2.40. The van der Waals surface area contributed by atoms with Gasteiger partial charge in [0.1, 0.15) is 17.5 Å². The van der Waals surface area contributed by atoms with Gasteiger partial charge < -0.3 is 15.8 Å². The Labute approximate surface area is 100 Å². The van der Waals surface area contributed by atoms with Gasteiger partial charge in [0.15, 0.2) is 0 Å². The van der Waals surface area contributed by atoms with Crippen LogP contribution >= 0.6 is 0 Å². The quantitative estimate of drug-likeness (QED) is 0.735. The second kappa shape index (κ2) is 4.01. The van der Waals surface area contributed by atoms with E-state index in [-0.39, 0.29) is 6.10 Å². The van der Waals surface area contributed by atoms with Crippen molar-refractivity contribution in [3.63, 3.8) is 0 Å². The standard InChI is InChI=1S/C14H14N2O/c15-11-7-4-8-12-14(11)16-9-13(17-12)10-5-2-1-3-6-10/h1-8,13,16H,9,15H2. The van der Waals surface area contributed by atoms with Gasteiger partial charge in [-0.15, -0.1) is 0 Å². The fourth-order valence-corrected chi connectivity index (χ4v) is 2.08. The normalized spacial score (nSPS) is 17.8. The van der Waals surface area contributed by atoms with Gasteiger partial charge in [0.2, 0.25) is 0 Å². The Morgan fingerprint density at radius 2 is 1.88 bits per heavy atom. The number of hydrogen-bond acceptors (Lipinski definition) is 3. The fourth-order valence-electron chi connectivity index (χ4n) is 2.08. The van der Waals surface area contributed by atoms with Crippen molar-refractivity contribution in [2.24, 2.45) is 0 Å². The maximum atomic E-state index is 5.96. The van der Waals surface area contributed by atoms with Crippen LogP contribution in [0.4, 0.5) is 11.4 Å². The van der Waals surface area contributed by atoms with Crippen LogP contribution in [0.15, 0.2) is 48.5 Å². The van der Waals surface area contributed by atoms with Crippen molar-refractivity contribution in [2.45, 2.75) is 6.10 Å². The van der Waals surface area contributed by atoms with Gasteiger partial charge in [-0.1, -0.05) is 36.4 Å². The molecule has 0 amide bonds. The number of para-hydroxylation sites is 1. The summed E-state index contributed by atoms with van der Waals surface area (Å²) in [4.78, 5) is 0. The lowest BCUT2D eigenvalue weighted by Gasteiger charge is -2.28. The van der Waals surface area contributed by atoms with Crippen LogP contribution in [-0.4, -0.2) is 6.54 Å².